The Bertz CT molecular complexity index is 425. The minimum atomic E-state index is -3.14. The van der Waals surface area contributed by atoms with Crippen LogP contribution in [-0.2, 0) is 0 Å². The van der Waals surface area contributed by atoms with Gasteiger partial charge in [-0.05, 0) is 40.3 Å². The van der Waals surface area contributed by atoms with Crippen LogP contribution < -0.4 is 5.32 Å². The van der Waals surface area contributed by atoms with Crippen molar-refractivity contribution in [3.05, 3.63) is 33.4 Å². The van der Waals surface area contributed by atoms with E-state index in [9.17, 15) is 8.78 Å². The van der Waals surface area contributed by atoms with E-state index in [2.05, 4.69) is 27.9 Å². The number of nitrogens with zero attached hydrogens (tertiary/aromatic N) is 1. The van der Waals surface area contributed by atoms with Gasteiger partial charge < -0.3 is 10.4 Å². The molecule has 0 radical (unpaired) electrons. The van der Waals surface area contributed by atoms with Gasteiger partial charge in [-0.2, -0.15) is 0 Å². The summed E-state index contributed by atoms with van der Waals surface area (Å²) < 4.78 is 29.1. The molecule has 1 atom stereocenters. The summed E-state index contributed by atoms with van der Waals surface area (Å²) in [5, 5.41) is 12.2. The zero-order valence-corrected chi connectivity index (χ0v) is 12.6. The fourth-order valence-electron chi connectivity index (χ4n) is 2.43. The summed E-state index contributed by atoms with van der Waals surface area (Å²) in [4.78, 5) is 1.75. The van der Waals surface area contributed by atoms with Crippen molar-refractivity contribution in [2.24, 2.45) is 0 Å². The Hall–Kier alpha value is -0.310. The van der Waals surface area contributed by atoms with Crippen LogP contribution in [0.2, 0.25) is 0 Å². The number of hydrogen-bond acceptors (Lipinski definition) is 3. The van der Waals surface area contributed by atoms with Gasteiger partial charge in [-0.3, -0.25) is 4.90 Å². The molecule has 1 fully saturated rings. The summed E-state index contributed by atoms with van der Waals surface area (Å²) >= 11 is 2.11. The second kappa shape index (κ2) is 6.43. The fourth-order valence-corrected chi connectivity index (χ4v) is 2.99. The monoisotopic (exact) mass is 382 g/mol. The molecule has 0 spiro atoms. The van der Waals surface area contributed by atoms with Crippen molar-refractivity contribution >= 4 is 22.6 Å². The van der Waals surface area contributed by atoms with Crippen LogP contribution in [0.1, 0.15) is 11.6 Å². The molecule has 1 aliphatic heterocycles. The van der Waals surface area contributed by atoms with Gasteiger partial charge in [-0.1, -0.05) is 12.1 Å². The van der Waals surface area contributed by atoms with Crippen molar-refractivity contribution in [1.29, 1.82) is 0 Å². The van der Waals surface area contributed by atoms with Gasteiger partial charge in [0.15, 0.2) is 0 Å². The van der Waals surface area contributed by atoms with Crippen LogP contribution in [-0.4, -0.2) is 48.7 Å². The quantitative estimate of drug-likeness (QED) is 0.781. The van der Waals surface area contributed by atoms with Crippen LogP contribution in [0.3, 0.4) is 0 Å². The molecular formula is C13H17F2IN2O. The first-order chi connectivity index (χ1) is 9.04. The molecule has 6 heteroatoms. The molecule has 0 aromatic heterocycles. The van der Waals surface area contributed by atoms with Crippen molar-refractivity contribution in [2.75, 3.05) is 32.8 Å². The average Bonchev–Trinajstić information content (AvgIpc) is 2.40. The molecule has 1 aromatic rings. The van der Waals surface area contributed by atoms with Crippen molar-refractivity contribution in [3.8, 4) is 0 Å². The van der Waals surface area contributed by atoms with E-state index in [1.807, 2.05) is 6.07 Å². The molecule has 0 amide bonds. The van der Waals surface area contributed by atoms with Gasteiger partial charge in [0.2, 0.25) is 0 Å². The van der Waals surface area contributed by atoms with Crippen molar-refractivity contribution < 1.29 is 13.9 Å². The molecule has 0 aliphatic carbocycles. The largest absolute Gasteiger partial charge is 0.390 e. The highest BCUT2D eigenvalue weighted by Gasteiger charge is 2.43. The second-order valence-corrected chi connectivity index (χ2v) is 5.91. The lowest BCUT2D eigenvalue weighted by Crippen LogP contribution is -2.51. The van der Waals surface area contributed by atoms with Gasteiger partial charge in [-0.15, -0.1) is 0 Å². The number of aliphatic hydroxyl groups is 1. The molecular weight excluding hydrogens is 365 g/mol. The van der Waals surface area contributed by atoms with Crippen molar-refractivity contribution in [1.82, 2.24) is 10.2 Å². The van der Waals surface area contributed by atoms with Gasteiger partial charge in [-0.25, -0.2) is 8.78 Å². The maximum absolute atomic E-state index is 14.1. The van der Waals surface area contributed by atoms with Gasteiger partial charge in [0.05, 0.1) is 0 Å². The van der Waals surface area contributed by atoms with Gasteiger partial charge >= 0.3 is 0 Å². The predicted molar refractivity (Wildman–Crippen MR) is 78.4 cm³/mol. The Morgan fingerprint density at radius 3 is 2.63 bits per heavy atom. The minimum Gasteiger partial charge on any atom is -0.390 e. The lowest BCUT2D eigenvalue weighted by atomic mass is 9.98. The highest BCUT2D eigenvalue weighted by atomic mass is 127. The molecule has 106 valence electrons. The predicted octanol–water partition coefficient (Wildman–Crippen LogP) is 1.87. The Morgan fingerprint density at radius 1 is 1.37 bits per heavy atom. The first-order valence-corrected chi connectivity index (χ1v) is 7.31. The lowest BCUT2D eigenvalue weighted by molar-refractivity contribution is -0.118. The minimum absolute atomic E-state index is 0.561. The van der Waals surface area contributed by atoms with E-state index in [4.69, 9.17) is 5.11 Å². The van der Waals surface area contributed by atoms with E-state index in [0.29, 0.717) is 31.7 Å². The zero-order chi connectivity index (χ0) is 13.9. The van der Waals surface area contributed by atoms with Crippen molar-refractivity contribution in [2.45, 2.75) is 12.0 Å². The van der Waals surface area contributed by atoms with E-state index in [0.717, 1.165) is 3.57 Å². The summed E-state index contributed by atoms with van der Waals surface area (Å²) in [5.41, 5.74) is 0.563. The van der Waals surface area contributed by atoms with Gasteiger partial charge in [0.25, 0.3) is 5.92 Å². The Labute approximate surface area is 125 Å². The molecule has 0 saturated carbocycles. The number of alkyl halides is 2. The molecule has 19 heavy (non-hydrogen) atoms. The summed E-state index contributed by atoms with van der Waals surface area (Å²) in [6.07, 6.45) is 0. The van der Waals surface area contributed by atoms with E-state index >= 15 is 0 Å². The molecule has 1 heterocycles. The summed E-state index contributed by atoms with van der Waals surface area (Å²) in [6.45, 7) is 1.38. The highest BCUT2D eigenvalue weighted by molar-refractivity contribution is 14.1. The number of halogens is 3. The summed E-state index contributed by atoms with van der Waals surface area (Å²) in [7, 11) is 0. The second-order valence-electron chi connectivity index (χ2n) is 4.66. The summed E-state index contributed by atoms with van der Waals surface area (Å²) in [6, 6.07) is 6.06. The summed E-state index contributed by atoms with van der Waals surface area (Å²) in [5.74, 6) is -3.14. The Kier molecular flexibility index (Phi) is 5.10. The zero-order valence-electron chi connectivity index (χ0n) is 10.5. The highest BCUT2D eigenvalue weighted by Crippen LogP contribution is 2.36. The molecule has 1 aliphatic rings. The Balaban J connectivity index is 2.33. The third-order valence-corrected chi connectivity index (χ3v) is 3.96. The number of aliphatic hydroxyl groups excluding tert-OH is 1. The van der Waals surface area contributed by atoms with Crippen LogP contribution in [0.4, 0.5) is 8.78 Å². The topological polar surface area (TPSA) is 35.5 Å². The van der Waals surface area contributed by atoms with E-state index in [1.54, 1.807) is 23.1 Å². The molecule has 2 N–H and O–H groups in total. The standard InChI is InChI=1S/C13H17F2IN2O/c14-13(15,9-19)12(18-6-4-17-5-7-18)10-2-1-3-11(16)8-10/h1-3,8,12,17,19H,4-7,9H2/t12-/m0/s1. The normalized spacial score (nSPS) is 19.4. The number of piperazine rings is 1. The van der Waals surface area contributed by atoms with Gasteiger partial charge in [0, 0.05) is 29.7 Å². The molecule has 2 rings (SSSR count). The SMILES string of the molecule is OCC(F)(F)[C@H](c1cccc(I)c1)N1CCNCC1. The lowest BCUT2D eigenvalue weighted by Gasteiger charge is -2.38. The smallest absolute Gasteiger partial charge is 0.289 e. The van der Waals surface area contributed by atoms with E-state index in [1.165, 1.54) is 0 Å². The van der Waals surface area contributed by atoms with Crippen LogP contribution in [0, 0.1) is 3.57 Å². The Morgan fingerprint density at radius 2 is 2.05 bits per heavy atom. The molecule has 1 saturated heterocycles. The van der Waals surface area contributed by atoms with Crippen LogP contribution >= 0.6 is 22.6 Å². The number of hydrogen-bond donors (Lipinski definition) is 2. The molecule has 1 aromatic carbocycles. The third-order valence-electron chi connectivity index (χ3n) is 3.29. The average molecular weight is 382 g/mol. The fraction of sp³-hybridized carbons (Fsp3) is 0.538. The van der Waals surface area contributed by atoms with Crippen LogP contribution in [0.15, 0.2) is 24.3 Å². The number of rotatable bonds is 4. The molecule has 3 nitrogen and oxygen atoms in total. The first kappa shape index (κ1) is 15.1. The maximum atomic E-state index is 14.1. The van der Waals surface area contributed by atoms with Crippen molar-refractivity contribution in [3.63, 3.8) is 0 Å². The first-order valence-electron chi connectivity index (χ1n) is 6.23. The number of benzene rings is 1. The third kappa shape index (κ3) is 3.62. The number of nitrogens with one attached hydrogen (secondary N) is 1. The van der Waals surface area contributed by atoms with Gasteiger partial charge in [0.1, 0.15) is 12.6 Å². The maximum Gasteiger partial charge on any atom is 0.289 e. The van der Waals surface area contributed by atoms with E-state index < -0.39 is 18.6 Å². The van der Waals surface area contributed by atoms with E-state index in [-0.39, 0.29) is 0 Å². The molecule has 0 unspecified atom stereocenters. The molecule has 0 bridgehead atoms. The van der Waals surface area contributed by atoms with Crippen LogP contribution in [0.25, 0.3) is 0 Å². The van der Waals surface area contributed by atoms with Crippen LogP contribution in [0.5, 0.6) is 0 Å².